The Kier molecular flexibility index (Phi) is 2.86. The first-order chi connectivity index (χ1) is 7.22. The van der Waals surface area contributed by atoms with Gasteiger partial charge in [-0.2, -0.15) is 0 Å². The molecular weight excluding hydrogens is 254 g/mol. The lowest BCUT2D eigenvalue weighted by atomic mass is 10.1. The first kappa shape index (κ1) is 10.4. The summed E-state index contributed by atoms with van der Waals surface area (Å²) in [5.41, 5.74) is 7.61. The van der Waals surface area contributed by atoms with Crippen molar-refractivity contribution >= 4 is 32.8 Å². The SMILES string of the molecule is CCCc1nc(N)nc2c(Br)cccc12. The molecule has 0 amide bonds. The monoisotopic (exact) mass is 265 g/mol. The number of anilines is 1. The van der Waals surface area contributed by atoms with Crippen LogP contribution in [0.25, 0.3) is 10.9 Å². The van der Waals surface area contributed by atoms with Crippen LogP contribution >= 0.6 is 15.9 Å². The normalized spacial score (nSPS) is 10.8. The van der Waals surface area contributed by atoms with Gasteiger partial charge >= 0.3 is 0 Å². The Morgan fingerprint density at radius 1 is 1.33 bits per heavy atom. The molecule has 3 nitrogen and oxygen atoms in total. The van der Waals surface area contributed by atoms with Gasteiger partial charge in [-0.15, -0.1) is 0 Å². The zero-order chi connectivity index (χ0) is 10.8. The molecule has 4 heteroatoms. The smallest absolute Gasteiger partial charge is 0.220 e. The van der Waals surface area contributed by atoms with Gasteiger partial charge in [0.2, 0.25) is 5.95 Å². The Labute approximate surface area is 96.9 Å². The van der Waals surface area contributed by atoms with E-state index in [0.29, 0.717) is 5.95 Å². The number of nitrogen functional groups attached to an aromatic ring is 1. The predicted molar refractivity (Wildman–Crippen MR) is 65.6 cm³/mol. The summed E-state index contributed by atoms with van der Waals surface area (Å²) in [4.78, 5) is 8.52. The number of hydrogen-bond donors (Lipinski definition) is 1. The van der Waals surface area contributed by atoms with E-state index in [1.165, 1.54) is 0 Å². The molecular formula is C11H12BrN3. The number of nitrogens with two attached hydrogens (primary N) is 1. The Hall–Kier alpha value is -1.16. The van der Waals surface area contributed by atoms with E-state index in [4.69, 9.17) is 5.73 Å². The highest BCUT2D eigenvalue weighted by atomic mass is 79.9. The van der Waals surface area contributed by atoms with Gasteiger partial charge in [-0.05, 0) is 28.4 Å². The third-order valence-electron chi connectivity index (χ3n) is 2.26. The van der Waals surface area contributed by atoms with E-state index >= 15 is 0 Å². The Morgan fingerprint density at radius 2 is 2.13 bits per heavy atom. The maximum atomic E-state index is 5.68. The van der Waals surface area contributed by atoms with Gasteiger partial charge in [0, 0.05) is 9.86 Å². The summed E-state index contributed by atoms with van der Waals surface area (Å²) in [6, 6.07) is 5.99. The summed E-state index contributed by atoms with van der Waals surface area (Å²) in [6.07, 6.45) is 1.98. The summed E-state index contributed by atoms with van der Waals surface area (Å²) in [6.45, 7) is 2.13. The maximum Gasteiger partial charge on any atom is 0.220 e. The average molecular weight is 266 g/mol. The van der Waals surface area contributed by atoms with Crippen molar-refractivity contribution < 1.29 is 0 Å². The Bertz CT molecular complexity index is 496. The zero-order valence-corrected chi connectivity index (χ0v) is 10.1. The summed E-state index contributed by atoms with van der Waals surface area (Å²) in [7, 11) is 0. The largest absolute Gasteiger partial charge is 0.368 e. The van der Waals surface area contributed by atoms with Crippen LogP contribution in [0.2, 0.25) is 0 Å². The molecule has 0 radical (unpaired) electrons. The first-order valence-electron chi connectivity index (χ1n) is 4.93. The molecule has 2 rings (SSSR count). The van der Waals surface area contributed by atoms with Crippen LogP contribution in [0.5, 0.6) is 0 Å². The zero-order valence-electron chi connectivity index (χ0n) is 8.50. The molecule has 1 aromatic carbocycles. The number of para-hydroxylation sites is 1. The lowest BCUT2D eigenvalue weighted by Crippen LogP contribution is -2.00. The summed E-state index contributed by atoms with van der Waals surface area (Å²) in [5.74, 6) is 0.345. The maximum absolute atomic E-state index is 5.68. The van der Waals surface area contributed by atoms with Gasteiger partial charge < -0.3 is 5.73 Å². The number of fused-ring (bicyclic) bond motifs is 1. The lowest BCUT2D eigenvalue weighted by molar-refractivity contribution is 0.889. The van der Waals surface area contributed by atoms with E-state index in [0.717, 1.165) is 33.9 Å². The van der Waals surface area contributed by atoms with Gasteiger partial charge in [0.1, 0.15) is 0 Å². The fourth-order valence-corrected chi connectivity index (χ4v) is 2.08. The van der Waals surface area contributed by atoms with Gasteiger partial charge in [-0.1, -0.05) is 25.5 Å². The van der Waals surface area contributed by atoms with E-state index in [9.17, 15) is 0 Å². The second kappa shape index (κ2) is 4.14. The fourth-order valence-electron chi connectivity index (χ4n) is 1.63. The van der Waals surface area contributed by atoms with Gasteiger partial charge in [0.15, 0.2) is 0 Å². The van der Waals surface area contributed by atoms with Crippen molar-refractivity contribution in [2.45, 2.75) is 19.8 Å². The van der Waals surface area contributed by atoms with Gasteiger partial charge in [0.25, 0.3) is 0 Å². The number of rotatable bonds is 2. The van der Waals surface area contributed by atoms with Crippen molar-refractivity contribution in [2.24, 2.45) is 0 Å². The number of benzene rings is 1. The molecule has 2 aromatic rings. The molecule has 0 bridgehead atoms. The van der Waals surface area contributed by atoms with Crippen molar-refractivity contribution in [3.8, 4) is 0 Å². The van der Waals surface area contributed by atoms with Gasteiger partial charge in [-0.25, -0.2) is 9.97 Å². The van der Waals surface area contributed by atoms with Crippen LogP contribution in [-0.4, -0.2) is 9.97 Å². The molecule has 0 atom stereocenters. The summed E-state index contributed by atoms with van der Waals surface area (Å²) in [5, 5.41) is 1.08. The molecule has 0 saturated carbocycles. The highest BCUT2D eigenvalue weighted by Crippen LogP contribution is 2.25. The second-order valence-corrected chi connectivity index (χ2v) is 4.27. The third-order valence-corrected chi connectivity index (χ3v) is 2.90. The number of nitrogens with zero attached hydrogens (tertiary/aromatic N) is 2. The minimum absolute atomic E-state index is 0.345. The molecule has 15 heavy (non-hydrogen) atoms. The van der Waals surface area contributed by atoms with Gasteiger partial charge in [-0.3, -0.25) is 0 Å². The van der Waals surface area contributed by atoms with E-state index in [-0.39, 0.29) is 0 Å². The van der Waals surface area contributed by atoms with E-state index in [1.807, 2.05) is 18.2 Å². The molecule has 0 spiro atoms. The molecule has 0 saturated heterocycles. The van der Waals surface area contributed by atoms with E-state index < -0.39 is 0 Å². The summed E-state index contributed by atoms with van der Waals surface area (Å²) >= 11 is 3.47. The second-order valence-electron chi connectivity index (χ2n) is 3.41. The summed E-state index contributed by atoms with van der Waals surface area (Å²) < 4.78 is 0.964. The minimum Gasteiger partial charge on any atom is -0.368 e. The molecule has 0 aliphatic carbocycles. The van der Waals surface area contributed by atoms with Crippen LogP contribution in [0.1, 0.15) is 19.0 Å². The number of aryl methyl sites for hydroxylation is 1. The van der Waals surface area contributed by atoms with Crippen LogP contribution in [0.15, 0.2) is 22.7 Å². The molecule has 0 unspecified atom stereocenters. The molecule has 1 aromatic heterocycles. The quantitative estimate of drug-likeness (QED) is 0.909. The highest BCUT2D eigenvalue weighted by Gasteiger charge is 2.07. The van der Waals surface area contributed by atoms with Crippen LogP contribution in [0, 0.1) is 0 Å². The van der Waals surface area contributed by atoms with Gasteiger partial charge in [0.05, 0.1) is 11.2 Å². The predicted octanol–water partition coefficient (Wildman–Crippen LogP) is 2.93. The van der Waals surface area contributed by atoms with E-state index in [1.54, 1.807) is 0 Å². The Morgan fingerprint density at radius 3 is 2.87 bits per heavy atom. The van der Waals surface area contributed by atoms with Crippen molar-refractivity contribution in [1.29, 1.82) is 0 Å². The molecule has 0 aliphatic rings. The molecule has 0 fully saturated rings. The topological polar surface area (TPSA) is 51.8 Å². The van der Waals surface area contributed by atoms with Crippen molar-refractivity contribution in [3.63, 3.8) is 0 Å². The number of aromatic nitrogens is 2. The van der Waals surface area contributed by atoms with E-state index in [2.05, 4.69) is 32.8 Å². The van der Waals surface area contributed by atoms with Crippen molar-refractivity contribution in [2.75, 3.05) is 5.73 Å². The highest BCUT2D eigenvalue weighted by molar-refractivity contribution is 9.10. The molecule has 0 aliphatic heterocycles. The molecule has 1 heterocycles. The number of halogens is 1. The third kappa shape index (κ3) is 1.95. The van der Waals surface area contributed by atoms with Crippen LogP contribution in [0.3, 0.4) is 0 Å². The fraction of sp³-hybridized carbons (Fsp3) is 0.273. The van der Waals surface area contributed by atoms with Crippen LogP contribution in [-0.2, 0) is 6.42 Å². The van der Waals surface area contributed by atoms with Crippen molar-refractivity contribution in [1.82, 2.24) is 9.97 Å². The lowest BCUT2D eigenvalue weighted by Gasteiger charge is -2.06. The average Bonchev–Trinajstić information content (AvgIpc) is 2.20. The van der Waals surface area contributed by atoms with Crippen molar-refractivity contribution in [3.05, 3.63) is 28.4 Å². The molecule has 2 N–H and O–H groups in total. The number of hydrogen-bond acceptors (Lipinski definition) is 3. The van der Waals surface area contributed by atoms with Crippen LogP contribution in [0.4, 0.5) is 5.95 Å². The minimum atomic E-state index is 0.345. The van der Waals surface area contributed by atoms with Crippen LogP contribution < -0.4 is 5.73 Å². The standard InChI is InChI=1S/C11H12BrN3/c1-2-4-9-7-5-3-6-8(12)10(7)15-11(13)14-9/h3,5-6H,2,4H2,1H3,(H2,13,14,15). The Balaban J connectivity index is 2.74. The first-order valence-corrected chi connectivity index (χ1v) is 5.72. The molecule has 78 valence electrons.